The molecule has 0 saturated carbocycles. The van der Waals surface area contributed by atoms with Crippen molar-refractivity contribution >= 4 is 28.3 Å². The van der Waals surface area contributed by atoms with E-state index in [1.54, 1.807) is 0 Å². The van der Waals surface area contributed by atoms with Crippen LogP contribution in [0.3, 0.4) is 0 Å². The SMILES string of the molecule is Brc1cccc([C@@H]2CNCCO2)c1.Cl. The van der Waals surface area contributed by atoms with E-state index in [0.29, 0.717) is 0 Å². The molecule has 1 saturated heterocycles. The first-order valence-electron chi connectivity index (χ1n) is 4.44. The van der Waals surface area contributed by atoms with Crippen LogP contribution in [0.4, 0.5) is 0 Å². The minimum Gasteiger partial charge on any atom is -0.371 e. The molecule has 0 aliphatic carbocycles. The first-order valence-corrected chi connectivity index (χ1v) is 5.23. The van der Waals surface area contributed by atoms with Crippen LogP contribution >= 0.6 is 28.3 Å². The summed E-state index contributed by atoms with van der Waals surface area (Å²) in [5.74, 6) is 0. The van der Waals surface area contributed by atoms with E-state index in [9.17, 15) is 0 Å². The summed E-state index contributed by atoms with van der Waals surface area (Å²) in [6, 6.07) is 8.28. The zero-order chi connectivity index (χ0) is 9.10. The van der Waals surface area contributed by atoms with Crippen molar-refractivity contribution in [3.8, 4) is 0 Å². The molecule has 0 amide bonds. The van der Waals surface area contributed by atoms with Crippen molar-refractivity contribution in [3.05, 3.63) is 34.3 Å². The van der Waals surface area contributed by atoms with Crippen LogP contribution in [-0.2, 0) is 4.74 Å². The average molecular weight is 279 g/mol. The van der Waals surface area contributed by atoms with Crippen LogP contribution in [-0.4, -0.2) is 19.7 Å². The number of halogens is 2. The van der Waals surface area contributed by atoms with Crippen molar-refractivity contribution in [1.82, 2.24) is 5.32 Å². The van der Waals surface area contributed by atoms with Crippen molar-refractivity contribution in [2.24, 2.45) is 0 Å². The highest BCUT2D eigenvalue weighted by Gasteiger charge is 2.14. The van der Waals surface area contributed by atoms with Crippen LogP contribution in [0.2, 0.25) is 0 Å². The Hall–Kier alpha value is -0.0900. The summed E-state index contributed by atoms with van der Waals surface area (Å²) < 4.78 is 6.75. The molecular weight excluding hydrogens is 265 g/mol. The Kier molecular flexibility index (Phi) is 4.89. The Labute approximate surface area is 98.6 Å². The lowest BCUT2D eigenvalue weighted by Gasteiger charge is -2.23. The smallest absolute Gasteiger partial charge is 0.0950 e. The number of ether oxygens (including phenoxy) is 1. The molecule has 4 heteroatoms. The molecule has 0 spiro atoms. The van der Waals surface area contributed by atoms with Crippen LogP contribution < -0.4 is 5.32 Å². The Morgan fingerprint density at radius 3 is 2.93 bits per heavy atom. The summed E-state index contributed by atoms with van der Waals surface area (Å²) in [7, 11) is 0. The van der Waals surface area contributed by atoms with Gasteiger partial charge in [0.05, 0.1) is 12.7 Å². The fourth-order valence-corrected chi connectivity index (χ4v) is 1.90. The van der Waals surface area contributed by atoms with Gasteiger partial charge in [-0.3, -0.25) is 0 Å². The van der Waals surface area contributed by atoms with Crippen LogP contribution in [0, 0.1) is 0 Å². The molecular formula is C10H13BrClNO. The van der Waals surface area contributed by atoms with Gasteiger partial charge in [-0.25, -0.2) is 0 Å². The van der Waals surface area contributed by atoms with Gasteiger partial charge in [0.25, 0.3) is 0 Å². The Balaban J connectivity index is 0.000000980. The van der Waals surface area contributed by atoms with Crippen molar-refractivity contribution in [2.75, 3.05) is 19.7 Å². The van der Waals surface area contributed by atoms with Crippen molar-refractivity contribution < 1.29 is 4.74 Å². The lowest BCUT2D eigenvalue weighted by molar-refractivity contribution is 0.0277. The number of nitrogens with one attached hydrogen (secondary N) is 1. The summed E-state index contributed by atoms with van der Waals surface area (Å²) >= 11 is 3.45. The fourth-order valence-electron chi connectivity index (χ4n) is 1.49. The number of hydrogen-bond acceptors (Lipinski definition) is 2. The highest BCUT2D eigenvalue weighted by atomic mass is 79.9. The predicted octanol–water partition coefficient (Wildman–Crippen LogP) is 2.53. The fraction of sp³-hybridized carbons (Fsp3) is 0.400. The second-order valence-corrected chi connectivity index (χ2v) is 4.03. The van der Waals surface area contributed by atoms with Gasteiger partial charge >= 0.3 is 0 Å². The van der Waals surface area contributed by atoms with Gasteiger partial charge in [-0.2, -0.15) is 0 Å². The topological polar surface area (TPSA) is 21.3 Å². The quantitative estimate of drug-likeness (QED) is 0.852. The van der Waals surface area contributed by atoms with Gasteiger partial charge in [0.1, 0.15) is 0 Å². The zero-order valence-electron chi connectivity index (χ0n) is 7.70. The van der Waals surface area contributed by atoms with E-state index in [4.69, 9.17) is 4.74 Å². The Bertz CT molecular complexity index is 289. The molecule has 78 valence electrons. The second kappa shape index (κ2) is 5.71. The maximum absolute atomic E-state index is 5.64. The van der Waals surface area contributed by atoms with Crippen LogP contribution in [0.15, 0.2) is 28.7 Å². The van der Waals surface area contributed by atoms with Gasteiger partial charge in [-0.1, -0.05) is 28.1 Å². The van der Waals surface area contributed by atoms with Gasteiger partial charge in [-0.15, -0.1) is 12.4 Å². The van der Waals surface area contributed by atoms with Crippen LogP contribution in [0.25, 0.3) is 0 Å². The summed E-state index contributed by atoms with van der Waals surface area (Å²) in [4.78, 5) is 0. The third-order valence-corrected chi connectivity index (χ3v) is 2.64. The molecule has 1 heterocycles. The maximum Gasteiger partial charge on any atom is 0.0950 e. The minimum absolute atomic E-state index is 0. The van der Waals surface area contributed by atoms with Crippen LogP contribution in [0.1, 0.15) is 11.7 Å². The largest absolute Gasteiger partial charge is 0.371 e. The van der Waals surface area contributed by atoms with Gasteiger partial charge in [-0.05, 0) is 17.7 Å². The Morgan fingerprint density at radius 2 is 2.29 bits per heavy atom. The summed E-state index contributed by atoms with van der Waals surface area (Å²) in [6.07, 6.45) is 0.214. The van der Waals surface area contributed by atoms with E-state index in [1.807, 2.05) is 12.1 Å². The molecule has 1 atom stereocenters. The lowest BCUT2D eigenvalue weighted by atomic mass is 10.1. The molecule has 2 rings (SSSR count). The van der Waals surface area contributed by atoms with E-state index >= 15 is 0 Å². The third kappa shape index (κ3) is 2.95. The average Bonchev–Trinajstić information content (AvgIpc) is 2.19. The molecule has 1 aromatic carbocycles. The van der Waals surface area contributed by atoms with Gasteiger partial charge in [0.2, 0.25) is 0 Å². The van der Waals surface area contributed by atoms with Gasteiger partial charge < -0.3 is 10.1 Å². The molecule has 0 unspecified atom stereocenters. The Morgan fingerprint density at radius 1 is 1.43 bits per heavy atom. The molecule has 2 nitrogen and oxygen atoms in total. The maximum atomic E-state index is 5.64. The molecule has 0 aromatic heterocycles. The molecule has 1 N–H and O–H groups in total. The highest BCUT2D eigenvalue weighted by Crippen LogP contribution is 2.21. The lowest BCUT2D eigenvalue weighted by Crippen LogP contribution is -2.33. The third-order valence-electron chi connectivity index (χ3n) is 2.15. The summed E-state index contributed by atoms with van der Waals surface area (Å²) in [6.45, 7) is 2.68. The number of benzene rings is 1. The monoisotopic (exact) mass is 277 g/mol. The molecule has 14 heavy (non-hydrogen) atoms. The zero-order valence-corrected chi connectivity index (χ0v) is 10.1. The molecule has 1 aliphatic heterocycles. The van der Waals surface area contributed by atoms with Gasteiger partial charge in [0, 0.05) is 17.6 Å². The number of rotatable bonds is 1. The van der Waals surface area contributed by atoms with Gasteiger partial charge in [0.15, 0.2) is 0 Å². The van der Waals surface area contributed by atoms with Crippen molar-refractivity contribution in [3.63, 3.8) is 0 Å². The molecule has 1 fully saturated rings. The van der Waals surface area contributed by atoms with E-state index in [0.717, 1.165) is 24.2 Å². The standard InChI is InChI=1S/C10H12BrNO.ClH/c11-9-3-1-2-8(6-9)10-7-12-4-5-13-10;/h1-3,6,10,12H,4-5,7H2;1H/t10-;/m0./s1. The molecule has 0 radical (unpaired) electrons. The second-order valence-electron chi connectivity index (χ2n) is 3.12. The molecule has 1 aliphatic rings. The van der Waals surface area contributed by atoms with E-state index < -0.39 is 0 Å². The normalized spacial score (nSPS) is 21.4. The summed E-state index contributed by atoms with van der Waals surface area (Å²) in [5.41, 5.74) is 1.24. The predicted molar refractivity (Wildman–Crippen MR) is 63.0 cm³/mol. The number of morpholine rings is 1. The van der Waals surface area contributed by atoms with Crippen molar-refractivity contribution in [1.29, 1.82) is 0 Å². The van der Waals surface area contributed by atoms with E-state index in [-0.39, 0.29) is 18.5 Å². The number of hydrogen-bond donors (Lipinski definition) is 1. The molecule has 0 bridgehead atoms. The first kappa shape index (κ1) is 12.0. The van der Waals surface area contributed by atoms with E-state index in [1.165, 1.54) is 5.56 Å². The van der Waals surface area contributed by atoms with Crippen LogP contribution in [0.5, 0.6) is 0 Å². The van der Waals surface area contributed by atoms with Crippen molar-refractivity contribution in [2.45, 2.75) is 6.10 Å². The summed E-state index contributed by atoms with van der Waals surface area (Å²) in [5, 5.41) is 3.31. The minimum atomic E-state index is 0. The van der Waals surface area contributed by atoms with E-state index in [2.05, 4.69) is 33.4 Å². The highest BCUT2D eigenvalue weighted by molar-refractivity contribution is 9.10. The molecule has 1 aromatic rings. The first-order chi connectivity index (χ1) is 6.36.